The predicted molar refractivity (Wildman–Crippen MR) is 87.8 cm³/mol. The molecule has 1 rings (SSSR count). The fourth-order valence-corrected chi connectivity index (χ4v) is 9.08. The van der Waals surface area contributed by atoms with Crippen LogP contribution in [0.2, 0.25) is 16.6 Å². The fourth-order valence-electron chi connectivity index (χ4n) is 3.63. The van der Waals surface area contributed by atoms with E-state index in [2.05, 4.69) is 41.5 Å². The highest BCUT2D eigenvalue weighted by Gasteiger charge is 2.45. The number of rotatable bonds is 7. The third-order valence-electron chi connectivity index (χ3n) is 4.59. The molecule has 1 N–H and O–H groups in total. The van der Waals surface area contributed by atoms with Crippen molar-refractivity contribution in [1.82, 2.24) is 0 Å². The van der Waals surface area contributed by atoms with E-state index >= 15 is 0 Å². The number of aliphatic hydroxyl groups excluding tert-OH is 1. The summed E-state index contributed by atoms with van der Waals surface area (Å²) in [7, 11) is -0.332. The van der Waals surface area contributed by atoms with Gasteiger partial charge in [0.05, 0.1) is 6.61 Å². The molecule has 21 heavy (non-hydrogen) atoms. The van der Waals surface area contributed by atoms with Gasteiger partial charge >= 0.3 is 0 Å². The van der Waals surface area contributed by atoms with E-state index < -0.39 is 20.7 Å². The average molecular weight is 317 g/mol. The van der Waals surface area contributed by atoms with Crippen LogP contribution in [0.1, 0.15) is 41.5 Å². The predicted octanol–water partition coefficient (Wildman–Crippen LogP) is 3.47. The van der Waals surface area contributed by atoms with Crippen molar-refractivity contribution in [3.05, 3.63) is 12.2 Å². The van der Waals surface area contributed by atoms with Gasteiger partial charge in [0.25, 0.3) is 0 Å². The molecule has 0 spiro atoms. The van der Waals surface area contributed by atoms with Gasteiger partial charge in [-0.15, -0.1) is 0 Å². The van der Waals surface area contributed by atoms with Crippen molar-refractivity contribution in [3.8, 4) is 0 Å². The third kappa shape index (κ3) is 4.17. The van der Waals surface area contributed by atoms with Crippen molar-refractivity contribution < 1.29 is 19.0 Å². The first-order valence-corrected chi connectivity index (χ1v) is 10.1. The van der Waals surface area contributed by atoms with E-state index in [1.807, 2.05) is 0 Å². The van der Waals surface area contributed by atoms with Gasteiger partial charge in [0.1, 0.15) is 12.2 Å². The fraction of sp³-hybridized carbons (Fsp3) is 0.875. The van der Waals surface area contributed by atoms with Crippen molar-refractivity contribution >= 4 is 8.32 Å². The molecule has 1 heterocycles. The number of ether oxygens (including phenoxy) is 2. The summed E-state index contributed by atoms with van der Waals surface area (Å²) in [4.78, 5) is 0. The maximum absolute atomic E-state index is 10.1. The third-order valence-corrected chi connectivity index (χ3v) is 10.7. The van der Waals surface area contributed by atoms with Crippen LogP contribution in [0, 0.1) is 0 Å². The first kappa shape index (κ1) is 18.8. The van der Waals surface area contributed by atoms with Gasteiger partial charge in [-0.3, -0.25) is 0 Å². The summed E-state index contributed by atoms with van der Waals surface area (Å²) < 4.78 is 17.4. The summed E-state index contributed by atoms with van der Waals surface area (Å²) in [6.07, 6.45) is 2.08. The standard InChI is InChI=1S/C16H32O4Si/c1-11(2)21(12(3)4,13(5)6)19-10-15-14(17)8-9-16(18-7)20-15/h8-9,11-17H,10H2,1-7H3/t14-,15+,16-/m0/s1. The van der Waals surface area contributed by atoms with Crippen molar-refractivity contribution in [1.29, 1.82) is 0 Å². The molecule has 4 nitrogen and oxygen atoms in total. The Morgan fingerprint density at radius 2 is 1.57 bits per heavy atom. The van der Waals surface area contributed by atoms with E-state index in [1.54, 1.807) is 19.3 Å². The lowest BCUT2D eigenvalue weighted by molar-refractivity contribution is -0.167. The Balaban J connectivity index is 2.80. The Morgan fingerprint density at radius 1 is 1.05 bits per heavy atom. The van der Waals surface area contributed by atoms with E-state index in [1.165, 1.54) is 0 Å². The van der Waals surface area contributed by atoms with E-state index in [0.29, 0.717) is 23.2 Å². The maximum atomic E-state index is 10.1. The Kier molecular flexibility index (Phi) is 7.07. The molecule has 0 aromatic rings. The maximum Gasteiger partial charge on any atom is 0.200 e. The Hall–Kier alpha value is -0.203. The summed E-state index contributed by atoms with van der Waals surface area (Å²) in [5.74, 6) is 0. The molecule has 0 amide bonds. The van der Waals surface area contributed by atoms with Gasteiger partial charge in [-0.05, 0) is 22.7 Å². The van der Waals surface area contributed by atoms with E-state index in [4.69, 9.17) is 13.9 Å². The molecule has 0 saturated heterocycles. The smallest absolute Gasteiger partial charge is 0.200 e. The largest absolute Gasteiger partial charge is 0.413 e. The van der Waals surface area contributed by atoms with Gasteiger partial charge in [0, 0.05) is 7.11 Å². The molecule has 1 aliphatic heterocycles. The zero-order chi connectivity index (χ0) is 16.2. The van der Waals surface area contributed by atoms with Crippen LogP contribution in [0.5, 0.6) is 0 Å². The van der Waals surface area contributed by atoms with Gasteiger partial charge in [-0.2, -0.15) is 0 Å². The summed E-state index contributed by atoms with van der Waals surface area (Å²) in [5, 5.41) is 10.1. The molecule has 0 fully saturated rings. The first-order valence-electron chi connectivity index (χ1n) is 7.94. The Labute approximate surface area is 130 Å². The van der Waals surface area contributed by atoms with Crippen LogP contribution in [0.3, 0.4) is 0 Å². The van der Waals surface area contributed by atoms with Crippen LogP contribution >= 0.6 is 0 Å². The summed E-state index contributed by atoms with van der Waals surface area (Å²) >= 11 is 0. The van der Waals surface area contributed by atoms with Crippen molar-refractivity contribution in [2.45, 2.75) is 76.7 Å². The second-order valence-corrected chi connectivity index (χ2v) is 12.2. The van der Waals surface area contributed by atoms with Crippen LogP contribution in [0.25, 0.3) is 0 Å². The monoisotopic (exact) mass is 316 g/mol. The Bertz CT molecular complexity index is 319. The minimum absolute atomic E-state index is 0.358. The molecule has 0 aromatic carbocycles. The van der Waals surface area contributed by atoms with Crippen LogP contribution in [-0.4, -0.2) is 45.6 Å². The number of hydrogen-bond acceptors (Lipinski definition) is 4. The molecular weight excluding hydrogens is 284 g/mol. The molecule has 5 heteroatoms. The summed E-state index contributed by atoms with van der Waals surface area (Å²) in [6, 6.07) is 0. The van der Waals surface area contributed by atoms with Crippen LogP contribution in [0.4, 0.5) is 0 Å². The van der Waals surface area contributed by atoms with Crippen LogP contribution < -0.4 is 0 Å². The first-order chi connectivity index (χ1) is 9.75. The van der Waals surface area contributed by atoms with Crippen molar-refractivity contribution in [2.24, 2.45) is 0 Å². The normalized spacial score (nSPS) is 27.1. The SMILES string of the molecule is CO[C@@H]1C=C[C@H](O)[C@@H](CO[Si](C(C)C)(C(C)C)C(C)C)O1. The highest BCUT2D eigenvalue weighted by atomic mass is 28.4. The Morgan fingerprint density at radius 3 is 2.00 bits per heavy atom. The zero-order valence-electron chi connectivity index (χ0n) is 14.5. The zero-order valence-corrected chi connectivity index (χ0v) is 15.5. The molecule has 1 aliphatic rings. The number of hydrogen-bond donors (Lipinski definition) is 1. The number of methoxy groups -OCH3 is 1. The molecule has 124 valence electrons. The lowest BCUT2D eigenvalue weighted by Crippen LogP contribution is -2.51. The lowest BCUT2D eigenvalue weighted by Gasteiger charge is -2.43. The van der Waals surface area contributed by atoms with Crippen LogP contribution in [0.15, 0.2) is 12.2 Å². The highest BCUT2D eigenvalue weighted by molar-refractivity contribution is 6.77. The second-order valence-electron chi connectivity index (χ2n) is 6.78. The molecule has 0 saturated carbocycles. The molecule has 0 aromatic heterocycles. The molecule has 0 unspecified atom stereocenters. The van der Waals surface area contributed by atoms with Gasteiger partial charge in [0.15, 0.2) is 14.6 Å². The molecule has 0 aliphatic carbocycles. The minimum atomic E-state index is -1.93. The number of aliphatic hydroxyl groups is 1. The van der Waals surface area contributed by atoms with Crippen LogP contribution in [-0.2, 0) is 13.9 Å². The highest BCUT2D eigenvalue weighted by Crippen LogP contribution is 2.42. The van der Waals surface area contributed by atoms with E-state index in [0.717, 1.165) is 0 Å². The van der Waals surface area contributed by atoms with Gasteiger partial charge in [0.2, 0.25) is 0 Å². The summed E-state index contributed by atoms with van der Waals surface area (Å²) in [5.41, 5.74) is 1.56. The molecule has 0 radical (unpaired) electrons. The van der Waals surface area contributed by atoms with Crippen molar-refractivity contribution in [2.75, 3.05) is 13.7 Å². The van der Waals surface area contributed by atoms with E-state index in [-0.39, 0.29) is 6.10 Å². The van der Waals surface area contributed by atoms with Gasteiger partial charge in [-0.25, -0.2) is 0 Å². The van der Waals surface area contributed by atoms with E-state index in [9.17, 15) is 5.11 Å². The molecule has 3 atom stereocenters. The quantitative estimate of drug-likeness (QED) is 0.577. The summed E-state index contributed by atoms with van der Waals surface area (Å²) in [6.45, 7) is 13.9. The minimum Gasteiger partial charge on any atom is -0.413 e. The molecular formula is C16H32O4Si. The van der Waals surface area contributed by atoms with Crippen molar-refractivity contribution in [3.63, 3.8) is 0 Å². The average Bonchev–Trinajstić information content (AvgIpc) is 2.40. The topological polar surface area (TPSA) is 47.9 Å². The lowest BCUT2D eigenvalue weighted by atomic mass is 10.1. The van der Waals surface area contributed by atoms with Gasteiger partial charge in [-0.1, -0.05) is 47.6 Å². The second kappa shape index (κ2) is 7.88. The molecule has 0 bridgehead atoms. The van der Waals surface area contributed by atoms with Gasteiger partial charge < -0.3 is 19.0 Å².